The largest absolute Gasteiger partial charge is 0.497 e. The van der Waals surface area contributed by atoms with Gasteiger partial charge in [-0.25, -0.2) is 0 Å². The Hall–Kier alpha value is -2.72. The van der Waals surface area contributed by atoms with E-state index in [1.54, 1.807) is 17.7 Å². The molecule has 134 valence electrons. The molecule has 1 aromatic heterocycles. The molecule has 0 radical (unpaired) electrons. The Kier molecular flexibility index (Phi) is 5.97. The van der Waals surface area contributed by atoms with Gasteiger partial charge in [-0.15, -0.1) is 0 Å². The zero-order valence-corrected chi connectivity index (χ0v) is 15.3. The van der Waals surface area contributed by atoms with Crippen molar-refractivity contribution in [3.8, 4) is 11.5 Å². The lowest BCUT2D eigenvalue weighted by Gasteiger charge is -2.10. The topological polar surface area (TPSA) is 40.5 Å². The number of hydrogen-bond donors (Lipinski definition) is 0. The van der Waals surface area contributed by atoms with Gasteiger partial charge in [-0.05, 0) is 47.5 Å². The van der Waals surface area contributed by atoms with Gasteiger partial charge in [0.15, 0.2) is 0 Å². The Balaban J connectivity index is 1.61. The minimum Gasteiger partial charge on any atom is -0.497 e. The second-order valence-electron chi connectivity index (χ2n) is 5.90. The van der Waals surface area contributed by atoms with E-state index in [0.29, 0.717) is 24.6 Å². The van der Waals surface area contributed by atoms with Crippen molar-refractivity contribution < 1.29 is 9.47 Å². The fourth-order valence-electron chi connectivity index (χ4n) is 2.60. The number of ether oxygens (including phenoxy) is 2. The van der Waals surface area contributed by atoms with E-state index in [2.05, 4.69) is 0 Å². The van der Waals surface area contributed by atoms with Crippen molar-refractivity contribution in [2.24, 2.45) is 0 Å². The molecule has 0 amide bonds. The van der Waals surface area contributed by atoms with Crippen LogP contribution in [0.2, 0.25) is 5.02 Å². The third-order valence-corrected chi connectivity index (χ3v) is 4.28. The molecular weight excluding hydrogens is 350 g/mol. The van der Waals surface area contributed by atoms with E-state index in [4.69, 9.17) is 21.1 Å². The first-order chi connectivity index (χ1) is 12.6. The van der Waals surface area contributed by atoms with Crippen LogP contribution < -0.4 is 15.0 Å². The second-order valence-corrected chi connectivity index (χ2v) is 6.34. The summed E-state index contributed by atoms with van der Waals surface area (Å²) in [6.45, 7) is 1.05. The summed E-state index contributed by atoms with van der Waals surface area (Å²) in [7, 11) is 1.63. The Morgan fingerprint density at radius 3 is 2.23 bits per heavy atom. The highest BCUT2D eigenvalue weighted by Crippen LogP contribution is 2.17. The van der Waals surface area contributed by atoms with Crippen LogP contribution in [0.25, 0.3) is 0 Å². The van der Waals surface area contributed by atoms with Gasteiger partial charge in [0, 0.05) is 23.7 Å². The number of pyridine rings is 1. The second kappa shape index (κ2) is 8.59. The first-order valence-corrected chi connectivity index (χ1v) is 8.72. The van der Waals surface area contributed by atoms with Crippen LogP contribution in [-0.2, 0) is 13.0 Å². The maximum absolute atomic E-state index is 12.1. The fourth-order valence-corrected chi connectivity index (χ4v) is 2.72. The molecule has 0 bridgehead atoms. The standard InChI is InChI=1S/C21H20ClNO3/c1-25-19-7-9-20(10-8-19)26-13-12-17-4-11-21(24)23(15-17)14-16-2-5-18(22)6-3-16/h2-11,15H,12-14H2,1H3. The van der Waals surface area contributed by atoms with E-state index in [0.717, 1.165) is 22.6 Å². The molecule has 0 spiro atoms. The number of halogens is 1. The third-order valence-electron chi connectivity index (χ3n) is 4.03. The van der Waals surface area contributed by atoms with E-state index in [9.17, 15) is 4.79 Å². The van der Waals surface area contributed by atoms with Crippen LogP contribution in [0.3, 0.4) is 0 Å². The van der Waals surface area contributed by atoms with Crippen molar-refractivity contribution in [1.29, 1.82) is 0 Å². The summed E-state index contributed by atoms with van der Waals surface area (Å²) < 4.78 is 12.6. The molecule has 0 atom stereocenters. The molecule has 0 saturated carbocycles. The van der Waals surface area contributed by atoms with Crippen molar-refractivity contribution in [3.63, 3.8) is 0 Å². The van der Waals surface area contributed by atoms with Crippen LogP contribution in [0.4, 0.5) is 0 Å². The van der Waals surface area contributed by atoms with Crippen LogP contribution >= 0.6 is 11.6 Å². The number of methoxy groups -OCH3 is 1. The molecule has 0 aliphatic heterocycles. The molecule has 0 aliphatic rings. The molecule has 0 fully saturated rings. The van der Waals surface area contributed by atoms with Crippen molar-refractivity contribution in [2.45, 2.75) is 13.0 Å². The molecule has 0 saturated heterocycles. The van der Waals surface area contributed by atoms with Crippen molar-refractivity contribution in [3.05, 3.63) is 93.4 Å². The molecule has 3 rings (SSSR count). The van der Waals surface area contributed by atoms with Gasteiger partial charge in [-0.1, -0.05) is 29.8 Å². The normalized spacial score (nSPS) is 10.5. The average Bonchev–Trinajstić information content (AvgIpc) is 2.66. The summed E-state index contributed by atoms with van der Waals surface area (Å²) in [5, 5.41) is 0.686. The molecule has 0 unspecified atom stereocenters. The quantitative estimate of drug-likeness (QED) is 0.627. The fraction of sp³-hybridized carbons (Fsp3) is 0.190. The zero-order valence-electron chi connectivity index (χ0n) is 14.5. The zero-order chi connectivity index (χ0) is 18.4. The van der Waals surface area contributed by atoms with Crippen LogP contribution in [0.15, 0.2) is 71.7 Å². The lowest BCUT2D eigenvalue weighted by Crippen LogP contribution is -2.20. The van der Waals surface area contributed by atoms with Gasteiger partial charge in [0.1, 0.15) is 11.5 Å². The minimum atomic E-state index is -0.0280. The first kappa shape index (κ1) is 18.1. The van der Waals surface area contributed by atoms with Gasteiger partial charge in [0.25, 0.3) is 5.56 Å². The SMILES string of the molecule is COc1ccc(OCCc2ccc(=O)n(Cc3ccc(Cl)cc3)c2)cc1. The van der Waals surface area contributed by atoms with Crippen molar-refractivity contribution >= 4 is 11.6 Å². The summed E-state index contributed by atoms with van der Waals surface area (Å²) in [4.78, 5) is 12.1. The molecule has 5 heteroatoms. The maximum Gasteiger partial charge on any atom is 0.250 e. The van der Waals surface area contributed by atoms with Gasteiger partial charge in [0.05, 0.1) is 20.3 Å². The smallest absolute Gasteiger partial charge is 0.250 e. The average molecular weight is 370 g/mol. The van der Waals surface area contributed by atoms with Crippen molar-refractivity contribution in [2.75, 3.05) is 13.7 Å². The highest BCUT2D eigenvalue weighted by atomic mass is 35.5. The highest BCUT2D eigenvalue weighted by molar-refractivity contribution is 6.30. The van der Waals surface area contributed by atoms with Crippen LogP contribution in [-0.4, -0.2) is 18.3 Å². The number of nitrogens with zero attached hydrogens (tertiary/aromatic N) is 1. The van der Waals surface area contributed by atoms with Gasteiger partial charge >= 0.3 is 0 Å². The third kappa shape index (κ3) is 4.90. The summed E-state index contributed by atoms with van der Waals surface area (Å²) in [5.74, 6) is 1.59. The molecule has 4 nitrogen and oxygen atoms in total. The highest BCUT2D eigenvalue weighted by Gasteiger charge is 2.02. The minimum absolute atomic E-state index is 0.0280. The summed E-state index contributed by atoms with van der Waals surface area (Å²) in [6.07, 6.45) is 2.60. The number of benzene rings is 2. The van der Waals surface area contributed by atoms with Gasteiger partial charge in [-0.3, -0.25) is 4.79 Å². The van der Waals surface area contributed by atoms with E-state index < -0.39 is 0 Å². The maximum atomic E-state index is 12.1. The Labute approximate surface area is 157 Å². The van der Waals surface area contributed by atoms with E-state index in [1.165, 1.54) is 0 Å². The lowest BCUT2D eigenvalue weighted by molar-refractivity contribution is 0.320. The van der Waals surface area contributed by atoms with E-state index in [1.807, 2.05) is 60.8 Å². The predicted molar refractivity (Wildman–Crippen MR) is 103 cm³/mol. The summed E-state index contributed by atoms with van der Waals surface area (Å²) in [5.41, 5.74) is 2.05. The van der Waals surface area contributed by atoms with Gasteiger partial charge in [0.2, 0.25) is 0 Å². The Bertz CT molecular complexity index is 902. The van der Waals surface area contributed by atoms with Crippen LogP contribution in [0, 0.1) is 0 Å². The molecule has 0 N–H and O–H groups in total. The number of hydrogen-bond acceptors (Lipinski definition) is 3. The van der Waals surface area contributed by atoms with Crippen molar-refractivity contribution in [1.82, 2.24) is 4.57 Å². The molecule has 3 aromatic rings. The van der Waals surface area contributed by atoms with Crippen LogP contribution in [0.5, 0.6) is 11.5 Å². The molecule has 2 aromatic carbocycles. The van der Waals surface area contributed by atoms with Gasteiger partial charge in [-0.2, -0.15) is 0 Å². The Morgan fingerprint density at radius 2 is 1.54 bits per heavy atom. The monoisotopic (exact) mass is 369 g/mol. The first-order valence-electron chi connectivity index (χ1n) is 8.35. The molecular formula is C21H20ClNO3. The number of rotatable bonds is 7. The summed E-state index contributed by atoms with van der Waals surface area (Å²) in [6, 6.07) is 18.4. The van der Waals surface area contributed by atoms with Crippen LogP contribution in [0.1, 0.15) is 11.1 Å². The van der Waals surface area contributed by atoms with E-state index >= 15 is 0 Å². The Morgan fingerprint density at radius 1 is 0.885 bits per heavy atom. The summed E-state index contributed by atoms with van der Waals surface area (Å²) >= 11 is 5.91. The molecule has 1 heterocycles. The van der Waals surface area contributed by atoms with Gasteiger partial charge < -0.3 is 14.0 Å². The molecule has 26 heavy (non-hydrogen) atoms. The predicted octanol–water partition coefficient (Wildman–Crippen LogP) is 4.18. The number of aromatic nitrogens is 1. The molecule has 0 aliphatic carbocycles. The van der Waals surface area contributed by atoms with E-state index in [-0.39, 0.29) is 5.56 Å². The lowest BCUT2D eigenvalue weighted by atomic mass is 10.2.